The largest absolute Gasteiger partial charge is 0.343 e. The highest BCUT2D eigenvalue weighted by atomic mass is 32.2. The molecule has 0 N–H and O–H groups in total. The third-order valence-electron chi connectivity index (χ3n) is 7.84. The van der Waals surface area contributed by atoms with E-state index in [9.17, 15) is 18.0 Å². The molecule has 0 aromatic rings. The van der Waals surface area contributed by atoms with Crippen molar-refractivity contribution in [2.75, 3.05) is 32.1 Å². The fourth-order valence-corrected chi connectivity index (χ4v) is 7.37. The van der Waals surface area contributed by atoms with Crippen LogP contribution in [0.4, 0.5) is 0 Å². The Morgan fingerprint density at radius 1 is 1.00 bits per heavy atom. The van der Waals surface area contributed by atoms with Gasteiger partial charge in [0.2, 0.25) is 5.91 Å². The summed E-state index contributed by atoms with van der Waals surface area (Å²) in [7, 11) is -2.67. The van der Waals surface area contributed by atoms with Crippen LogP contribution < -0.4 is 0 Å². The highest BCUT2D eigenvalue weighted by Crippen LogP contribution is 2.40. The number of fused-ring (bicyclic) bond motifs is 1. The lowest BCUT2D eigenvalue weighted by Gasteiger charge is -2.45. The van der Waals surface area contributed by atoms with Crippen LogP contribution in [0, 0.1) is 11.8 Å². The minimum Gasteiger partial charge on any atom is -0.343 e. The third-order valence-corrected chi connectivity index (χ3v) is 9.23. The number of thioether (sulfide) groups is 1. The van der Waals surface area contributed by atoms with Gasteiger partial charge in [0.15, 0.2) is 0 Å². The predicted molar refractivity (Wildman–Crippen MR) is 145 cm³/mol. The lowest BCUT2D eigenvalue weighted by molar-refractivity contribution is -0.134. The summed E-state index contributed by atoms with van der Waals surface area (Å²) in [6, 6.07) is 0.506. The number of rotatable bonds is 5. The predicted octanol–water partition coefficient (Wildman–Crippen LogP) is 4.81. The number of hydrogen-bond acceptors (Lipinski definition) is 5. The molecule has 2 saturated heterocycles. The molecule has 2 amide bonds. The van der Waals surface area contributed by atoms with Gasteiger partial charge in [-0.15, -0.1) is 18.3 Å². The summed E-state index contributed by atoms with van der Waals surface area (Å²) in [6.45, 7) is 6.46. The van der Waals surface area contributed by atoms with Crippen molar-refractivity contribution in [1.29, 1.82) is 0 Å². The average Bonchev–Trinajstić information content (AvgIpc) is 2.86. The van der Waals surface area contributed by atoms with Crippen LogP contribution in [0.25, 0.3) is 0 Å². The van der Waals surface area contributed by atoms with Crippen molar-refractivity contribution in [1.82, 2.24) is 9.80 Å². The van der Waals surface area contributed by atoms with Crippen molar-refractivity contribution < 1.29 is 18.0 Å². The first-order valence-corrected chi connectivity index (χ1v) is 16.6. The Hall–Kier alpha value is -1.28. The van der Waals surface area contributed by atoms with Crippen LogP contribution in [-0.2, 0) is 19.4 Å². The summed E-state index contributed by atoms with van der Waals surface area (Å²) in [5.41, 5.74) is 1.06. The zero-order valence-corrected chi connectivity index (χ0v) is 23.3. The first-order valence-electron chi connectivity index (χ1n) is 13.4. The van der Waals surface area contributed by atoms with Gasteiger partial charge in [0.25, 0.3) is 5.91 Å². The van der Waals surface area contributed by atoms with Gasteiger partial charge in [-0.25, -0.2) is 8.42 Å². The molecule has 1 aliphatic carbocycles. The second kappa shape index (κ2) is 13.3. The van der Waals surface area contributed by atoms with Crippen molar-refractivity contribution >= 4 is 33.4 Å². The minimum atomic E-state index is -2.67. The SMILES string of the molecule is C=CCCC(=O)N1CCC(C2CCC(C(=O)N3CCCC4CCCCC43)=CS2)CC1.CS(C)(=O)=O. The highest BCUT2D eigenvalue weighted by molar-refractivity contribution is 8.02. The lowest BCUT2D eigenvalue weighted by Crippen LogP contribution is -2.50. The summed E-state index contributed by atoms with van der Waals surface area (Å²) >= 11 is 1.90. The van der Waals surface area contributed by atoms with Crippen LogP contribution in [0.2, 0.25) is 0 Å². The summed E-state index contributed by atoms with van der Waals surface area (Å²) < 4.78 is 19.3. The Labute approximate surface area is 216 Å². The van der Waals surface area contributed by atoms with Crippen LogP contribution in [-0.4, -0.2) is 73.5 Å². The number of nitrogens with zero attached hydrogens (tertiary/aromatic N) is 2. The molecule has 4 rings (SSSR count). The lowest BCUT2D eigenvalue weighted by atomic mass is 9.78. The fraction of sp³-hybridized carbons (Fsp3) is 0.778. The first-order chi connectivity index (χ1) is 16.7. The number of likely N-dealkylation sites (tertiary alicyclic amines) is 2. The third kappa shape index (κ3) is 8.66. The van der Waals surface area contributed by atoms with E-state index < -0.39 is 9.84 Å². The molecule has 0 radical (unpaired) electrons. The molecule has 3 unspecified atom stereocenters. The van der Waals surface area contributed by atoms with E-state index in [0.717, 1.165) is 75.7 Å². The topological polar surface area (TPSA) is 74.8 Å². The molecular weight excluding hydrogens is 480 g/mol. The number of hydrogen-bond donors (Lipinski definition) is 0. The molecule has 8 heteroatoms. The van der Waals surface area contributed by atoms with Gasteiger partial charge < -0.3 is 9.80 Å². The van der Waals surface area contributed by atoms with Crippen LogP contribution in [0.5, 0.6) is 0 Å². The van der Waals surface area contributed by atoms with Crippen molar-refractivity contribution in [2.24, 2.45) is 11.8 Å². The minimum absolute atomic E-state index is 0.278. The molecule has 3 heterocycles. The van der Waals surface area contributed by atoms with E-state index >= 15 is 0 Å². The molecule has 0 aromatic heterocycles. The molecule has 4 aliphatic rings. The summed E-state index contributed by atoms with van der Waals surface area (Å²) in [4.78, 5) is 29.8. The van der Waals surface area contributed by atoms with Crippen molar-refractivity contribution in [2.45, 2.75) is 88.3 Å². The van der Waals surface area contributed by atoms with E-state index in [1.165, 1.54) is 38.5 Å². The molecule has 35 heavy (non-hydrogen) atoms. The number of carbonyl (C=O) groups excluding carboxylic acids is 2. The van der Waals surface area contributed by atoms with Crippen molar-refractivity contribution in [3.8, 4) is 0 Å². The van der Waals surface area contributed by atoms with Gasteiger partial charge in [0.1, 0.15) is 9.84 Å². The summed E-state index contributed by atoms with van der Waals surface area (Å²) in [5, 5.41) is 2.81. The zero-order chi connectivity index (χ0) is 25.4. The number of piperidine rings is 2. The van der Waals surface area contributed by atoms with Crippen LogP contribution in [0.1, 0.15) is 77.0 Å². The maximum absolute atomic E-state index is 13.3. The molecule has 3 fully saturated rings. The van der Waals surface area contributed by atoms with Gasteiger partial charge in [-0.05, 0) is 75.0 Å². The van der Waals surface area contributed by atoms with Gasteiger partial charge in [0, 0.05) is 55.4 Å². The van der Waals surface area contributed by atoms with E-state index in [-0.39, 0.29) is 5.91 Å². The van der Waals surface area contributed by atoms with Gasteiger partial charge in [-0.2, -0.15) is 0 Å². The Bertz CT molecular complexity index is 868. The van der Waals surface area contributed by atoms with E-state index in [2.05, 4.69) is 16.9 Å². The first kappa shape index (κ1) is 28.3. The average molecular weight is 525 g/mol. The van der Waals surface area contributed by atoms with Crippen LogP contribution in [0.3, 0.4) is 0 Å². The molecule has 198 valence electrons. The standard InChI is InChI=1S/C25H38N2O2S.C2H6O2S/c1-2-3-10-24(28)26-16-13-20(14-17-26)23-12-11-21(18-30-23)25(29)27-15-6-8-19-7-4-5-9-22(19)27;1-5(2,3)4/h2,18-20,22-23H,1,3-17H2;1-2H3. The van der Waals surface area contributed by atoms with E-state index in [0.29, 0.717) is 29.5 Å². The second-order valence-corrected chi connectivity index (χ2v) is 14.2. The molecule has 0 aromatic carbocycles. The highest BCUT2D eigenvalue weighted by Gasteiger charge is 2.38. The monoisotopic (exact) mass is 524 g/mol. The number of allylic oxidation sites excluding steroid dienone is 1. The molecule has 3 atom stereocenters. The summed E-state index contributed by atoms with van der Waals surface area (Å²) in [5.74, 6) is 2.03. The van der Waals surface area contributed by atoms with Gasteiger partial charge in [-0.1, -0.05) is 18.9 Å². The Kier molecular flexibility index (Phi) is 10.8. The van der Waals surface area contributed by atoms with Crippen LogP contribution in [0.15, 0.2) is 23.6 Å². The second-order valence-electron chi connectivity index (χ2n) is 10.8. The zero-order valence-electron chi connectivity index (χ0n) is 21.6. The van der Waals surface area contributed by atoms with E-state index in [1.54, 1.807) is 0 Å². The molecule has 3 aliphatic heterocycles. The van der Waals surface area contributed by atoms with Gasteiger partial charge in [0.05, 0.1) is 0 Å². The maximum atomic E-state index is 13.3. The Morgan fingerprint density at radius 3 is 2.29 bits per heavy atom. The maximum Gasteiger partial charge on any atom is 0.250 e. The molecule has 6 nitrogen and oxygen atoms in total. The smallest absolute Gasteiger partial charge is 0.250 e. The Balaban J connectivity index is 0.000000623. The van der Waals surface area contributed by atoms with Crippen molar-refractivity contribution in [3.05, 3.63) is 23.6 Å². The summed E-state index contributed by atoms with van der Waals surface area (Å²) in [6.07, 6.45) is 17.4. The van der Waals surface area contributed by atoms with Gasteiger partial charge >= 0.3 is 0 Å². The van der Waals surface area contributed by atoms with Gasteiger partial charge in [-0.3, -0.25) is 9.59 Å². The van der Waals surface area contributed by atoms with Crippen LogP contribution >= 0.6 is 11.8 Å². The fourth-order valence-electron chi connectivity index (χ4n) is 6.06. The normalized spacial score (nSPS) is 27.7. The quantitative estimate of drug-likeness (QED) is 0.483. The number of amides is 2. The molecule has 0 spiro atoms. The molecule has 0 bridgehead atoms. The van der Waals surface area contributed by atoms with E-state index in [1.807, 2.05) is 22.7 Å². The number of sulfone groups is 1. The van der Waals surface area contributed by atoms with E-state index in [4.69, 9.17) is 0 Å². The number of carbonyl (C=O) groups is 2. The Morgan fingerprint density at radius 2 is 1.66 bits per heavy atom. The molecular formula is C27H44N2O4S2. The molecule has 1 saturated carbocycles. The van der Waals surface area contributed by atoms with Crippen molar-refractivity contribution in [3.63, 3.8) is 0 Å².